The van der Waals surface area contributed by atoms with Crippen molar-refractivity contribution in [3.8, 4) is 17.2 Å². The van der Waals surface area contributed by atoms with E-state index in [1.54, 1.807) is 13.0 Å². The van der Waals surface area contributed by atoms with Crippen LogP contribution in [0.2, 0.25) is 10.0 Å². The van der Waals surface area contributed by atoms with Crippen LogP contribution >= 0.6 is 23.2 Å². The van der Waals surface area contributed by atoms with E-state index in [1.165, 1.54) is 12.1 Å². The summed E-state index contributed by atoms with van der Waals surface area (Å²) in [6.45, 7) is 1.61. The van der Waals surface area contributed by atoms with Crippen LogP contribution in [0.3, 0.4) is 0 Å². The van der Waals surface area contributed by atoms with Gasteiger partial charge in [0.05, 0.1) is 20.5 Å². The molecule has 0 fully saturated rings. The van der Waals surface area contributed by atoms with Crippen LogP contribution in [0.5, 0.6) is 0 Å². The predicted octanol–water partition coefficient (Wildman–Crippen LogP) is 3.44. The van der Waals surface area contributed by atoms with Gasteiger partial charge in [0.1, 0.15) is 11.6 Å². The molecule has 6 nitrogen and oxygen atoms in total. The van der Waals surface area contributed by atoms with Crippen LogP contribution < -0.4 is 5.56 Å². The van der Waals surface area contributed by atoms with Crippen molar-refractivity contribution >= 4 is 28.9 Å². The third kappa shape index (κ3) is 2.75. The lowest BCUT2D eigenvalue weighted by Gasteiger charge is -2.08. The Morgan fingerprint density at radius 1 is 1.24 bits per heavy atom. The van der Waals surface area contributed by atoms with Crippen molar-refractivity contribution in [2.24, 2.45) is 0 Å². The number of nitro benzene ring substituents is 1. The smallest absolute Gasteiger partial charge is 0.278 e. The monoisotopic (exact) mass is 323 g/mol. The third-order valence-electron chi connectivity index (χ3n) is 2.81. The summed E-state index contributed by atoms with van der Waals surface area (Å²) in [5.74, 6) is 0. The minimum atomic E-state index is -0.644. The van der Waals surface area contributed by atoms with E-state index >= 15 is 0 Å². The molecule has 0 radical (unpaired) electrons. The average Bonchev–Trinajstić information content (AvgIpc) is 2.40. The number of benzene rings is 1. The number of aryl methyl sites for hydroxylation is 1. The average molecular weight is 324 g/mol. The fourth-order valence-corrected chi connectivity index (χ4v) is 2.24. The number of nitro groups is 1. The van der Waals surface area contributed by atoms with E-state index in [9.17, 15) is 14.9 Å². The molecule has 1 N–H and O–H groups in total. The SMILES string of the molecule is Cc1cc(-c2cc(Cl)c(Cl)cc2[N+](=O)[O-])c(C#N)c(=O)[nH]1. The topological polar surface area (TPSA) is 99.8 Å². The summed E-state index contributed by atoms with van der Waals surface area (Å²) in [6.07, 6.45) is 0. The molecule has 1 heterocycles. The minimum Gasteiger partial charge on any atom is -0.325 e. The quantitative estimate of drug-likeness (QED) is 0.675. The first-order valence-corrected chi connectivity index (χ1v) is 6.38. The van der Waals surface area contributed by atoms with Crippen LogP contribution in [0, 0.1) is 28.4 Å². The summed E-state index contributed by atoms with van der Waals surface area (Å²) in [7, 11) is 0. The van der Waals surface area contributed by atoms with Crippen molar-refractivity contribution in [1.82, 2.24) is 4.98 Å². The van der Waals surface area contributed by atoms with Crippen molar-refractivity contribution in [3.63, 3.8) is 0 Å². The van der Waals surface area contributed by atoms with E-state index in [2.05, 4.69) is 4.98 Å². The lowest BCUT2D eigenvalue weighted by Crippen LogP contribution is -2.13. The molecule has 0 atom stereocenters. The summed E-state index contributed by atoms with van der Waals surface area (Å²) in [6, 6.07) is 5.60. The first kappa shape index (κ1) is 15.0. The van der Waals surface area contributed by atoms with Gasteiger partial charge < -0.3 is 4.98 Å². The molecule has 0 amide bonds. The Hall–Kier alpha value is -2.36. The lowest BCUT2D eigenvalue weighted by atomic mass is 9.99. The van der Waals surface area contributed by atoms with Crippen molar-refractivity contribution < 1.29 is 4.92 Å². The Labute approximate surface area is 128 Å². The van der Waals surface area contributed by atoms with Gasteiger partial charge in [0, 0.05) is 17.3 Å². The van der Waals surface area contributed by atoms with E-state index in [-0.39, 0.29) is 32.4 Å². The molecule has 0 spiro atoms. The molecule has 0 aliphatic carbocycles. The number of pyridine rings is 1. The molecule has 0 saturated carbocycles. The largest absolute Gasteiger partial charge is 0.325 e. The van der Waals surface area contributed by atoms with Gasteiger partial charge in [-0.3, -0.25) is 14.9 Å². The maximum Gasteiger partial charge on any atom is 0.278 e. The van der Waals surface area contributed by atoms with Crippen LogP contribution in [0.1, 0.15) is 11.3 Å². The van der Waals surface area contributed by atoms with Gasteiger partial charge in [-0.2, -0.15) is 5.26 Å². The second-order valence-corrected chi connectivity index (χ2v) is 5.04. The van der Waals surface area contributed by atoms with Gasteiger partial charge in [0.15, 0.2) is 0 Å². The predicted molar refractivity (Wildman–Crippen MR) is 78.6 cm³/mol. The molecular weight excluding hydrogens is 317 g/mol. The molecule has 106 valence electrons. The maximum absolute atomic E-state index is 11.8. The number of halogens is 2. The third-order valence-corrected chi connectivity index (χ3v) is 3.53. The number of nitrogens with zero attached hydrogens (tertiary/aromatic N) is 2. The maximum atomic E-state index is 11.8. The fraction of sp³-hybridized carbons (Fsp3) is 0.0769. The number of hydrogen-bond donors (Lipinski definition) is 1. The lowest BCUT2D eigenvalue weighted by molar-refractivity contribution is -0.384. The minimum absolute atomic E-state index is 0.0205. The highest BCUT2D eigenvalue weighted by atomic mass is 35.5. The molecule has 1 aromatic heterocycles. The first-order valence-electron chi connectivity index (χ1n) is 5.63. The van der Waals surface area contributed by atoms with E-state index in [0.717, 1.165) is 6.07 Å². The summed E-state index contributed by atoms with van der Waals surface area (Å²) in [5.41, 5.74) is -0.487. The van der Waals surface area contributed by atoms with Gasteiger partial charge in [-0.25, -0.2) is 0 Å². The molecule has 2 rings (SSSR count). The van der Waals surface area contributed by atoms with E-state index in [0.29, 0.717) is 5.69 Å². The normalized spacial score (nSPS) is 10.2. The van der Waals surface area contributed by atoms with E-state index in [1.807, 2.05) is 0 Å². The van der Waals surface area contributed by atoms with Crippen molar-refractivity contribution in [2.75, 3.05) is 0 Å². The van der Waals surface area contributed by atoms with E-state index < -0.39 is 10.5 Å². The van der Waals surface area contributed by atoms with Crippen LogP contribution in [0.15, 0.2) is 23.0 Å². The van der Waals surface area contributed by atoms with Crippen LogP contribution in [0.25, 0.3) is 11.1 Å². The van der Waals surface area contributed by atoms with Crippen molar-refractivity contribution in [2.45, 2.75) is 6.92 Å². The Morgan fingerprint density at radius 2 is 1.86 bits per heavy atom. The zero-order valence-electron chi connectivity index (χ0n) is 10.6. The van der Waals surface area contributed by atoms with Crippen molar-refractivity contribution in [1.29, 1.82) is 5.26 Å². The van der Waals surface area contributed by atoms with Gasteiger partial charge >= 0.3 is 0 Å². The molecule has 0 saturated heterocycles. The highest BCUT2D eigenvalue weighted by molar-refractivity contribution is 6.42. The van der Waals surface area contributed by atoms with Gasteiger partial charge in [-0.15, -0.1) is 0 Å². The van der Waals surface area contributed by atoms with Gasteiger partial charge in [0.2, 0.25) is 0 Å². The van der Waals surface area contributed by atoms with Gasteiger partial charge in [0.25, 0.3) is 11.2 Å². The summed E-state index contributed by atoms with van der Waals surface area (Å²) in [4.78, 5) is 24.8. The zero-order valence-corrected chi connectivity index (χ0v) is 12.1. The molecule has 8 heteroatoms. The molecule has 2 aromatic rings. The zero-order chi connectivity index (χ0) is 15.7. The molecule has 21 heavy (non-hydrogen) atoms. The van der Waals surface area contributed by atoms with E-state index in [4.69, 9.17) is 28.5 Å². The molecular formula is C13H7Cl2N3O3. The van der Waals surface area contributed by atoms with Crippen molar-refractivity contribution in [3.05, 3.63) is 60.0 Å². The molecule has 0 aliphatic rings. The second kappa shape index (κ2) is 5.56. The van der Waals surface area contributed by atoms with Crippen LogP contribution in [0.4, 0.5) is 5.69 Å². The molecule has 0 unspecified atom stereocenters. The highest BCUT2D eigenvalue weighted by Gasteiger charge is 2.22. The summed E-state index contributed by atoms with van der Waals surface area (Å²) >= 11 is 11.7. The standard InChI is InChI=1S/C13H7Cl2N3O3/c1-6-2-7(9(5-16)13(19)17-6)8-3-10(14)11(15)4-12(8)18(20)21/h2-4H,1H3,(H,17,19). The number of H-pyrrole nitrogens is 1. The number of rotatable bonds is 2. The number of nitrogens with one attached hydrogen (secondary N) is 1. The number of aromatic amines is 1. The number of hydrogen-bond acceptors (Lipinski definition) is 4. The van der Waals surface area contributed by atoms with Crippen LogP contribution in [-0.4, -0.2) is 9.91 Å². The molecule has 0 aliphatic heterocycles. The molecule has 1 aromatic carbocycles. The number of aromatic nitrogens is 1. The fourth-order valence-electron chi connectivity index (χ4n) is 1.92. The van der Waals surface area contributed by atoms with Gasteiger partial charge in [-0.1, -0.05) is 23.2 Å². The van der Waals surface area contributed by atoms with Crippen LogP contribution in [-0.2, 0) is 0 Å². The Balaban J connectivity index is 2.91. The Kier molecular flexibility index (Phi) is 3.98. The molecule has 0 bridgehead atoms. The Bertz CT molecular complexity index is 853. The summed E-state index contributed by atoms with van der Waals surface area (Å²) < 4.78 is 0. The first-order chi connectivity index (χ1) is 9.85. The van der Waals surface area contributed by atoms with Gasteiger partial charge in [-0.05, 0) is 19.1 Å². The summed E-state index contributed by atoms with van der Waals surface area (Å²) in [5, 5.41) is 20.4. The second-order valence-electron chi connectivity index (χ2n) is 4.22. The number of nitriles is 1. The Morgan fingerprint density at radius 3 is 2.43 bits per heavy atom. The highest BCUT2D eigenvalue weighted by Crippen LogP contribution is 2.37.